The molecule has 2 N–H and O–H groups in total. The highest BCUT2D eigenvalue weighted by Crippen LogP contribution is 2.37. The van der Waals surface area contributed by atoms with Crippen LogP contribution in [-0.4, -0.2) is 11.3 Å². The van der Waals surface area contributed by atoms with Crippen molar-refractivity contribution in [3.63, 3.8) is 0 Å². The summed E-state index contributed by atoms with van der Waals surface area (Å²) < 4.78 is 10.8. The van der Waals surface area contributed by atoms with Gasteiger partial charge >= 0.3 is 0 Å². The number of nitrogens with two attached hydrogens (primary N) is 1. The van der Waals surface area contributed by atoms with Gasteiger partial charge in [0.15, 0.2) is 0 Å². The fourth-order valence-electron chi connectivity index (χ4n) is 1.84. The summed E-state index contributed by atoms with van der Waals surface area (Å²) in [6, 6.07) is 4.03. The van der Waals surface area contributed by atoms with Crippen LogP contribution in [0.1, 0.15) is 25.0 Å². The van der Waals surface area contributed by atoms with Crippen molar-refractivity contribution in [3.05, 3.63) is 29.5 Å². The molecule has 1 aromatic heterocycles. The van der Waals surface area contributed by atoms with Crippen LogP contribution in [0.4, 0.5) is 5.88 Å². The minimum atomic E-state index is 0.102. The molecule has 4 heteroatoms. The van der Waals surface area contributed by atoms with Crippen molar-refractivity contribution in [3.8, 4) is 16.9 Å². The van der Waals surface area contributed by atoms with Crippen LogP contribution < -0.4 is 10.5 Å². The Morgan fingerprint density at radius 1 is 1.22 bits per heavy atom. The molecule has 0 saturated heterocycles. The zero-order valence-corrected chi connectivity index (χ0v) is 11.2. The van der Waals surface area contributed by atoms with E-state index in [1.54, 1.807) is 6.20 Å². The molecule has 4 nitrogen and oxygen atoms in total. The third-order valence-corrected chi connectivity index (χ3v) is 2.92. The highest BCUT2D eigenvalue weighted by atomic mass is 16.5. The van der Waals surface area contributed by atoms with Crippen molar-refractivity contribution in [1.29, 1.82) is 0 Å². The van der Waals surface area contributed by atoms with E-state index < -0.39 is 0 Å². The highest BCUT2D eigenvalue weighted by Gasteiger charge is 2.16. The molecule has 0 bridgehead atoms. The van der Waals surface area contributed by atoms with E-state index in [0.717, 1.165) is 22.4 Å². The lowest BCUT2D eigenvalue weighted by atomic mass is 10.0. The van der Waals surface area contributed by atoms with Gasteiger partial charge in [0.25, 0.3) is 0 Å². The number of aromatic nitrogens is 1. The predicted octanol–water partition coefficient (Wildman–Crippen LogP) is 3.33. The van der Waals surface area contributed by atoms with Crippen molar-refractivity contribution in [2.75, 3.05) is 5.73 Å². The van der Waals surface area contributed by atoms with Gasteiger partial charge in [-0.25, -0.2) is 0 Å². The van der Waals surface area contributed by atoms with E-state index >= 15 is 0 Å². The third-order valence-electron chi connectivity index (χ3n) is 2.92. The van der Waals surface area contributed by atoms with Crippen molar-refractivity contribution >= 4 is 5.88 Å². The maximum absolute atomic E-state index is 5.91. The second-order valence-corrected chi connectivity index (χ2v) is 4.65. The molecule has 0 atom stereocenters. The Kier molecular flexibility index (Phi) is 3.28. The molecule has 1 heterocycles. The summed E-state index contributed by atoms with van der Waals surface area (Å²) in [5, 5.41) is 3.71. The summed E-state index contributed by atoms with van der Waals surface area (Å²) in [7, 11) is 0. The number of nitrogen functional groups attached to an aromatic ring is 1. The first-order chi connectivity index (χ1) is 8.50. The molecule has 0 aliphatic carbocycles. The number of ether oxygens (including phenoxy) is 1. The second-order valence-electron chi connectivity index (χ2n) is 4.65. The summed E-state index contributed by atoms with van der Waals surface area (Å²) in [6.07, 6.45) is 1.72. The molecule has 0 aliphatic rings. The summed E-state index contributed by atoms with van der Waals surface area (Å²) in [6.45, 7) is 8.11. The van der Waals surface area contributed by atoms with Crippen LogP contribution in [0.3, 0.4) is 0 Å². The van der Waals surface area contributed by atoms with Gasteiger partial charge in [-0.1, -0.05) is 17.3 Å². The van der Waals surface area contributed by atoms with Crippen LogP contribution >= 0.6 is 0 Å². The number of rotatable bonds is 3. The first kappa shape index (κ1) is 12.5. The van der Waals surface area contributed by atoms with Gasteiger partial charge in [0.05, 0.1) is 17.9 Å². The lowest BCUT2D eigenvalue weighted by molar-refractivity contribution is 0.241. The molecule has 0 aliphatic heterocycles. The monoisotopic (exact) mass is 246 g/mol. The van der Waals surface area contributed by atoms with Crippen LogP contribution in [0.5, 0.6) is 5.75 Å². The predicted molar refractivity (Wildman–Crippen MR) is 71.6 cm³/mol. The minimum Gasteiger partial charge on any atom is -0.490 e. The quantitative estimate of drug-likeness (QED) is 0.902. The number of hydrogen-bond donors (Lipinski definition) is 1. The average molecular weight is 246 g/mol. The number of anilines is 1. The molecular formula is C14H18N2O2. The fraction of sp³-hybridized carbons (Fsp3) is 0.357. The smallest absolute Gasteiger partial charge is 0.230 e. The van der Waals surface area contributed by atoms with Crippen LogP contribution in [-0.2, 0) is 0 Å². The zero-order chi connectivity index (χ0) is 13.3. The zero-order valence-electron chi connectivity index (χ0n) is 11.2. The Balaban J connectivity index is 2.60. The largest absolute Gasteiger partial charge is 0.490 e. The summed E-state index contributed by atoms with van der Waals surface area (Å²) >= 11 is 0. The average Bonchev–Trinajstić information content (AvgIpc) is 2.71. The van der Waals surface area contributed by atoms with Crippen LogP contribution in [0.25, 0.3) is 11.1 Å². The number of hydrogen-bond acceptors (Lipinski definition) is 4. The molecule has 0 unspecified atom stereocenters. The molecule has 0 radical (unpaired) electrons. The topological polar surface area (TPSA) is 61.3 Å². The van der Waals surface area contributed by atoms with Gasteiger partial charge < -0.3 is 15.0 Å². The molecule has 1 aromatic carbocycles. The first-order valence-corrected chi connectivity index (χ1v) is 5.98. The van der Waals surface area contributed by atoms with Crippen molar-refractivity contribution in [2.45, 2.75) is 33.8 Å². The molecule has 96 valence electrons. The Morgan fingerprint density at radius 2 is 1.94 bits per heavy atom. The fourth-order valence-corrected chi connectivity index (χ4v) is 1.84. The van der Waals surface area contributed by atoms with E-state index in [-0.39, 0.29) is 6.10 Å². The van der Waals surface area contributed by atoms with Gasteiger partial charge in [-0.2, -0.15) is 0 Å². The van der Waals surface area contributed by atoms with E-state index in [9.17, 15) is 0 Å². The molecular weight excluding hydrogens is 228 g/mol. The summed E-state index contributed by atoms with van der Waals surface area (Å²) in [4.78, 5) is 0. The number of nitrogens with zero attached hydrogens (tertiary/aromatic N) is 1. The number of benzene rings is 1. The van der Waals surface area contributed by atoms with Gasteiger partial charge in [0.1, 0.15) is 5.75 Å². The van der Waals surface area contributed by atoms with E-state index in [1.807, 2.05) is 32.9 Å². The van der Waals surface area contributed by atoms with Crippen LogP contribution in [0, 0.1) is 13.8 Å². The minimum absolute atomic E-state index is 0.102. The van der Waals surface area contributed by atoms with Gasteiger partial charge in [-0.3, -0.25) is 0 Å². The van der Waals surface area contributed by atoms with Gasteiger partial charge in [-0.15, -0.1) is 0 Å². The van der Waals surface area contributed by atoms with Crippen molar-refractivity contribution in [2.24, 2.45) is 0 Å². The van der Waals surface area contributed by atoms with Crippen molar-refractivity contribution < 1.29 is 9.26 Å². The Morgan fingerprint density at radius 3 is 2.50 bits per heavy atom. The molecule has 0 fully saturated rings. The molecule has 18 heavy (non-hydrogen) atoms. The molecule has 0 saturated carbocycles. The molecule has 0 spiro atoms. The summed E-state index contributed by atoms with van der Waals surface area (Å²) in [5.41, 5.74) is 9.77. The van der Waals surface area contributed by atoms with Gasteiger partial charge in [0.2, 0.25) is 5.88 Å². The normalized spacial score (nSPS) is 10.9. The highest BCUT2D eigenvalue weighted by molar-refractivity contribution is 5.78. The maximum Gasteiger partial charge on any atom is 0.230 e. The van der Waals surface area contributed by atoms with Gasteiger partial charge in [0, 0.05) is 5.56 Å². The SMILES string of the molecule is Cc1ccc(-c2cnoc2N)c(OC(C)C)c1C. The molecule has 0 amide bonds. The standard InChI is InChI=1S/C14H18N2O2/c1-8(2)17-13-10(4)9(3)5-6-11(13)12-7-16-18-14(12)15/h5-8H,15H2,1-4H3. The first-order valence-electron chi connectivity index (χ1n) is 5.98. The lowest BCUT2D eigenvalue weighted by Crippen LogP contribution is -2.08. The Bertz CT molecular complexity index is 559. The van der Waals surface area contributed by atoms with Crippen molar-refractivity contribution in [1.82, 2.24) is 5.16 Å². The van der Waals surface area contributed by atoms with E-state index in [0.29, 0.717) is 5.88 Å². The van der Waals surface area contributed by atoms with E-state index in [4.69, 9.17) is 15.0 Å². The Hall–Kier alpha value is -1.97. The number of aryl methyl sites for hydroxylation is 1. The van der Waals surface area contributed by atoms with E-state index in [1.165, 1.54) is 5.56 Å². The summed E-state index contributed by atoms with van der Waals surface area (Å²) in [5.74, 6) is 1.16. The second kappa shape index (κ2) is 4.72. The Labute approximate surface area is 107 Å². The van der Waals surface area contributed by atoms with Gasteiger partial charge in [-0.05, 0) is 38.8 Å². The van der Waals surface area contributed by atoms with Crippen LogP contribution in [0.15, 0.2) is 22.9 Å². The lowest BCUT2D eigenvalue weighted by Gasteiger charge is -2.17. The molecule has 2 aromatic rings. The maximum atomic E-state index is 5.91. The third kappa shape index (κ3) is 2.18. The van der Waals surface area contributed by atoms with Crippen LogP contribution in [0.2, 0.25) is 0 Å². The van der Waals surface area contributed by atoms with E-state index in [2.05, 4.69) is 12.1 Å². The molecule has 2 rings (SSSR count).